The maximum absolute atomic E-state index is 12.7. The lowest BCUT2D eigenvalue weighted by atomic mass is 9.52. The summed E-state index contributed by atoms with van der Waals surface area (Å²) in [7, 11) is 0. The highest BCUT2D eigenvalue weighted by molar-refractivity contribution is 6.30. The van der Waals surface area contributed by atoms with Crippen LogP contribution in [0.5, 0.6) is 0 Å². The van der Waals surface area contributed by atoms with Crippen molar-refractivity contribution in [1.82, 2.24) is 10.1 Å². The number of ether oxygens (including phenoxy) is 1. The first kappa shape index (κ1) is 16.3. The van der Waals surface area contributed by atoms with Crippen LogP contribution in [0.25, 0.3) is 11.4 Å². The molecule has 0 radical (unpaired) electrons. The Labute approximate surface area is 157 Å². The number of nitrogens with zero attached hydrogens (tertiary/aromatic N) is 2. The van der Waals surface area contributed by atoms with Crippen molar-refractivity contribution in [2.24, 2.45) is 29.6 Å². The summed E-state index contributed by atoms with van der Waals surface area (Å²) in [5.41, 5.74) is 0.778. The molecule has 6 heteroatoms. The fourth-order valence-electron chi connectivity index (χ4n) is 5.60. The molecule has 0 atom stereocenters. The van der Waals surface area contributed by atoms with Crippen molar-refractivity contribution in [2.75, 3.05) is 0 Å². The third kappa shape index (κ3) is 2.92. The van der Waals surface area contributed by atoms with E-state index < -0.39 is 0 Å². The summed E-state index contributed by atoms with van der Waals surface area (Å²) in [5.74, 6) is 3.48. The minimum absolute atomic E-state index is 0.0369. The molecule has 2 aromatic rings. The van der Waals surface area contributed by atoms with E-state index in [0.717, 1.165) is 17.4 Å². The Hall–Kier alpha value is -1.88. The minimum Gasteiger partial charge on any atom is -0.455 e. The molecule has 1 heterocycles. The van der Waals surface area contributed by atoms with Gasteiger partial charge >= 0.3 is 5.97 Å². The average molecular weight is 373 g/mol. The number of rotatable bonds is 4. The standard InChI is InChI=1S/C20H21ClN2O3/c21-16-3-1-2-13(9-16)19-22-17(26-23-19)10-25-20(24)18-14-5-11-4-12(7-14)8-15(18)6-11/h1-3,9,11-12,14-15,18H,4-8,10H2. The minimum atomic E-state index is -0.0821. The highest BCUT2D eigenvalue weighted by Gasteiger charge is 2.51. The Morgan fingerprint density at radius 1 is 1.15 bits per heavy atom. The normalized spacial score (nSPS) is 32.0. The van der Waals surface area contributed by atoms with Crippen molar-refractivity contribution < 1.29 is 14.1 Å². The number of carbonyl (C=O) groups excluding carboxylic acids is 1. The maximum atomic E-state index is 12.7. The lowest BCUT2D eigenvalue weighted by Gasteiger charge is -2.53. The van der Waals surface area contributed by atoms with Crippen LogP contribution in [-0.2, 0) is 16.1 Å². The predicted molar refractivity (Wildman–Crippen MR) is 95.1 cm³/mol. The first-order valence-electron chi connectivity index (χ1n) is 9.41. The third-order valence-corrected chi connectivity index (χ3v) is 6.62. The van der Waals surface area contributed by atoms with E-state index in [-0.39, 0.29) is 18.5 Å². The Kier molecular flexibility index (Phi) is 4.00. The topological polar surface area (TPSA) is 65.2 Å². The Morgan fingerprint density at radius 2 is 1.88 bits per heavy atom. The quantitative estimate of drug-likeness (QED) is 0.739. The van der Waals surface area contributed by atoms with Gasteiger partial charge in [0.05, 0.1) is 5.92 Å². The van der Waals surface area contributed by atoms with Crippen LogP contribution in [0.3, 0.4) is 0 Å². The van der Waals surface area contributed by atoms with Crippen LogP contribution in [0.2, 0.25) is 5.02 Å². The average Bonchev–Trinajstić information content (AvgIpc) is 3.08. The van der Waals surface area contributed by atoms with Gasteiger partial charge in [-0.15, -0.1) is 0 Å². The molecular formula is C20H21ClN2O3. The smallest absolute Gasteiger partial charge is 0.310 e. The molecule has 0 N–H and O–H groups in total. The molecule has 1 aromatic carbocycles. The molecule has 26 heavy (non-hydrogen) atoms. The molecule has 136 valence electrons. The number of aromatic nitrogens is 2. The lowest BCUT2D eigenvalue weighted by Crippen LogP contribution is -2.48. The molecule has 4 fully saturated rings. The molecule has 1 aromatic heterocycles. The highest BCUT2D eigenvalue weighted by atomic mass is 35.5. The van der Waals surface area contributed by atoms with Gasteiger partial charge in [0.15, 0.2) is 6.61 Å². The van der Waals surface area contributed by atoms with Crippen molar-refractivity contribution in [1.29, 1.82) is 0 Å². The number of carbonyl (C=O) groups is 1. The van der Waals surface area contributed by atoms with Gasteiger partial charge in [-0.25, -0.2) is 0 Å². The first-order chi connectivity index (χ1) is 12.7. The van der Waals surface area contributed by atoms with E-state index in [1.807, 2.05) is 12.1 Å². The highest BCUT2D eigenvalue weighted by Crippen LogP contribution is 2.56. The molecule has 6 rings (SSSR count). The number of esters is 1. The molecule has 4 bridgehead atoms. The summed E-state index contributed by atoms with van der Waals surface area (Å²) < 4.78 is 10.8. The Balaban J connectivity index is 1.23. The van der Waals surface area contributed by atoms with Gasteiger partial charge in [-0.3, -0.25) is 4.79 Å². The number of hydrogen-bond donors (Lipinski definition) is 0. The van der Waals surface area contributed by atoms with Gasteiger partial charge in [0.1, 0.15) is 0 Å². The Morgan fingerprint density at radius 3 is 2.58 bits per heavy atom. The summed E-state index contributed by atoms with van der Waals surface area (Å²) in [6, 6.07) is 7.26. The molecule has 0 saturated heterocycles. The second-order valence-electron chi connectivity index (χ2n) is 8.09. The zero-order chi connectivity index (χ0) is 17.7. The lowest BCUT2D eigenvalue weighted by molar-refractivity contribution is -0.164. The van der Waals surface area contributed by atoms with Crippen LogP contribution in [0, 0.1) is 29.6 Å². The summed E-state index contributed by atoms with van der Waals surface area (Å²) >= 11 is 5.99. The van der Waals surface area contributed by atoms with Gasteiger partial charge in [0, 0.05) is 10.6 Å². The van der Waals surface area contributed by atoms with Crippen molar-refractivity contribution in [2.45, 2.75) is 38.7 Å². The number of benzene rings is 1. The molecule has 4 aliphatic rings. The fraction of sp³-hybridized carbons (Fsp3) is 0.550. The number of halogens is 1. The summed E-state index contributed by atoms with van der Waals surface area (Å²) in [6.07, 6.45) is 6.18. The maximum Gasteiger partial charge on any atom is 0.310 e. The first-order valence-corrected chi connectivity index (χ1v) is 9.78. The van der Waals surface area contributed by atoms with Gasteiger partial charge in [0.2, 0.25) is 5.82 Å². The summed E-state index contributed by atoms with van der Waals surface area (Å²) in [5, 5.41) is 4.57. The monoisotopic (exact) mass is 372 g/mol. The molecule has 5 nitrogen and oxygen atoms in total. The zero-order valence-electron chi connectivity index (χ0n) is 14.4. The van der Waals surface area contributed by atoms with Crippen molar-refractivity contribution in [3.8, 4) is 11.4 Å². The summed E-state index contributed by atoms with van der Waals surface area (Å²) in [6.45, 7) is 0.0369. The van der Waals surface area contributed by atoms with Gasteiger partial charge in [-0.05, 0) is 67.9 Å². The third-order valence-electron chi connectivity index (χ3n) is 6.39. The van der Waals surface area contributed by atoms with Crippen LogP contribution in [0.15, 0.2) is 28.8 Å². The van der Waals surface area contributed by atoms with Gasteiger partial charge in [-0.2, -0.15) is 4.98 Å². The van der Waals surface area contributed by atoms with E-state index in [9.17, 15) is 4.79 Å². The SMILES string of the molecule is O=C(OCc1nc(-c2cccc(Cl)c2)no1)C1C2CC3CC(C2)CC1C3. The molecular weight excluding hydrogens is 352 g/mol. The van der Waals surface area contributed by atoms with Crippen molar-refractivity contribution >= 4 is 17.6 Å². The van der Waals surface area contributed by atoms with Crippen LogP contribution in [-0.4, -0.2) is 16.1 Å². The largest absolute Gasteiger partial charge is 0.455 e. The van der Waals surface area contributed by atoms with Crippen LogP contribution >= 0.6 is 11.6 Å². The van der Waals surface area contributed by atoms with Crippen LogP contribution in [0.1, 0.15) is 38.0 Å². The van der Waals surface area contributed by atoms with E-state index in [1.165, 1.54) is 32.1 Å². The zero-order valence-corrected chi connectivity index (χ0v) is 15.2. The van der Waals surface area contributed by atoms with E-state index in [2.05, 4.69) is 10.1 Å². The summed E-state index contributed by atoms with van der Waals surface area (Å²) in [4.78, 5) is 17.0. The van der Waals surface area contributed by atoms with E-state index in [0.29, 0.717) is 28.6 Å². The van der Waals surface area contributed by atoms with Gasteiger partial charge < -0.3 is 9.26 Å². The Bertz CT molecular complexity index is 806. The molecule has 0 aliphatic heterocycles. The van der Waals surface area contributed by atoms with E-state index in [4.69, 9.17) is 20.9 Å². The van der Waals surface area contributed by atoms with E-state index >= 15 is 0 Å². The van der Waals surface area contributed by atoms with Crippen molar-refractivity contribution in [3.63, 3.8) is 0 Å². The molecule has 4 aliphatic carbocycles. The van der Waals surface area contributed by atoms with Crippen LogP contribution in [0.4, 0.5) is 0 Å². The molecule has 0 spiro atoms. The van der Waals surface area contributed by atoms with Gasteiger partial charge in [-0.1, -0.05) is 28.9 Å². The number of hydrogen-bond acceptors (Lipinski definition) is 5. The second-order valence-corrected chi connectivity index (χ2v) is 8.52. The predicted octanol–water partition coefficient (Wildman–Crippen LogP) is 4.51. The molecule has 0 unspecified atom stereocenters. The molecule has 4 saturated carbocycles. The fourth-order valence-corrected chi connectivity index (χ4v) is 5.79. The van der Waals surface area contributed by atoms with Crippen molar-refractivity contribution in [3.05, 3.63) is 35.2 Å². The van der Waals surface area contributed by atoms with Gasteiger partial charge in [0.25, 0.3) is 5.89 Å². The second kappa shape index (κ2) is 6.38. The van der Waals surface area contributed by atoms with Crippen LogP contribution < -0.4 is 0 Å². The van der Waals surface area contributed by atoms with E-state index in [1.54, 1.807) is 12.1 Å². The molecule has 0 amide bonds.